The molecule has 0 heterocycles. The third-order valence-corrected chi connectivity index (χ3v) is 2.22. The second kappa shape index (κ2) is 4.21. The van der Waals surface area contributed by atoms with Gasteiger partial charge < -0.3 is 9.47 Å². The van der Waals surface area contributed by atoms with Crippen LogP contribution in [-0.2, 0) is 0 Å². The summed E-state index contributed by atoms with van der Waals surface area (Å²) < 4.78 is 10.2. The van der Waals surface area contributed by atoms with Gasteiger partial charge in [0.25, 0.3) is 0 Å². The second-order valence-electron chi connectivity index (χ2n) is 2.71. The zero-order valence-electron chi connectivity index (χ0n) is 8.22. The molecule has 1 rings (SSSR count). The van der Waals surface area contributed by atoms with Crippen molar-refractivity contribution in [2.24, 2.45) is 0 Å². The smallest absolute Gasteiger partial charge is 0.144 e. The summed E-state index contributed by atoms with van der Waals surface area (Å²) >= 11 is 5.91. The van der Waals surface area contributed by atoms with Gasteiger partial charge in [0.05, 0.1) is 24.8 Å². The van der Waals surface area contributed by atoms with E-state index < -0.39 is 0 Å². The van der Waals surface area contributed by atoms with Crippen LogP contribution < -0.4 is 9.47 Å². The Morgan fingerprint density at radius 3 is 2.29 bits per heavy atom. The van der Waals surface area contributed by atoms with Gasteiger partial charge in [0, 0.05) is 5.56 Å². The van der Waals surface area contributed by atoms with Crippen LogP contribution in [-0.4, -0.2) is 14.2 Å². The van der Waals surface area contributed by atoms with Gasteiger partial charge >= 0.3 is 0 Å². The minimum atomic E-state index is 0.413. The van der Waals surface area contributed by atoms with Crippen LogP contribution in [0.25, 0.3) is 0 Å². The van der Waals surface area contributed by atoms with Crippen LogP contribution in [0.4, 0.5) is 0 Å². The monoisotopic (exact) mass is 211 g/mol. The molecule has 74 valence electrons. The van der Waals surface area contributed by atoms with Crippen molar-refractivity contribution < 1.29 is 9.47 Å². The predicted octanol–water partition coefficient (Wildman–Crippen LogP) is 2.54. The minimum absolute atomic E-state index is 0.413. The fraction of sp³-hybridized carbons (Fsp3) is 0.300. The van der Waals surface area contributed by atoms with E-state index in [1.54, 1.807) is 6.92 Å². The third-order valence-electron chi connectivity index (χ3n) is 1.94. The van der Waals surface area contributed by atoms with Crippen molar-refractivity contribution in [1.29, 1.82) is 5.26 Å². The van der Waals surface area contributed by atoms with Crippen LogP contribution in [0.2, 0.25) is 5.02 Å². The zero-order valence-corrected chi connectivity index (χ0v) is 8.97. The molecule has 0 radical (unpaired) electrons. The molecule has 14 heavy (non-hydrogen) atoms. The number of methoxy groups -OCH3 is 2. The van der Waals surface area contributed by atoms with E-state index >= 15 is 0 Å². The van der Waals surface area contributed by atoms with Crippen molar-refractivity contribution in [3.8, 4) is 17.6 Å². The first-order chi connectivity index (χ1) is 6.65. The van der Waals surface area contributed by atoms with E-state index in [0.717, 1.165) is 5.56 Å². The van der Waals surface area contributed by atoms with E-state index in [1.807, 2.05) is 6.07 Å². The number of hydrogen-bond donors (Lipinski definition) is 0. The molecule has 0 aliphatic heterocycles. The van der Waals surface area contributed by atoms with E-state index in [-0.39, 0.29) is 0 Å². The molecule has 4 heteroatoms. The van der Waals surface area contributed by atoms with Gasteiger partial charge in [-0.1, -0.05) is 11.6 Å². The SMILES string of the molecule is COc1c(Cl)cc(C#N)c(OC)c1C. The molecule has 0 atom stereocenters. The van der Waals surface area contributed by atoms with Crippen molar-refractivity contribution >= 4 is 11.6 Å². The van der Waals surface area contributed by atoms with Gasteiger partial charge in [0.2, 0.25) is 0 Å². The Morgan fingerprint density at radius 2 is 1.86 bits per heavy atom. The Balaban J connectivity index is 3.49. The Kier molecular flexibility index (Phi) is 3.21. The first-order valence-electron chi connectivity index (χ1n) is 3.96. The van der Waals surface area contributed by atoms with Gasteiger partial charge in [0.15, 0.2) is 0 Å². The number of halogens is 1. The highest BCUT2D eigenvalue weighted by Crippen LogP contribution is 2.37. The summed E-state index contributed by atoms with van der Waals surface area (Å²) in [6, 6.07) is 3.55. The first kappa shape index (κ1) is 10.7. The summed E-state index contributed by atoms with van der Waals surface area (Å²) in [5.41, 5.74) is 1.15. The molecule has 0 spiro atoms. The molecule has 0 aliphatic rings. The van der Waals surface area contributed by atoms with Crippen molar-refractivity contribution in [3.05, 3.63) is 22.2 Å². The molecule has 0 N–H and O–H groups in total. The lowest BCUT2D eigenvalue weighted by Gasteiger charge is -2.12. The minimum Gasteiger partial charge on any atom is -0.495 e. The summed E-state index contributed by atoms with van der Waals surface area (Å²) in [5.74, 6) is 1.05. The summed E-state index contributed by atoms with van der Waals surface area (Å²) in [6.45, 7) is 1.80. The van der Waals surface area contributed by atoms with Crippen molar-refractivity contribution in [1.82, 2.24) is 0 Å². The number of nitrogens with zero attached hydrogens (tertiary/aromatic N) is 1. The molecule has 0 saturated heterocycles. The lowest BCUT2D eigenvalue weighted by atomic mass is 10.1. The van der Waals surface area contributed by atoms with Crippen LogP contribution in [0.5, 0.6) is 11.5 Å². The van der Waals surface area contributed by atoms with E-state index in [0.29, 0.717) is 22.1 Å². The molecule has 0 aliphatic carbocycles. The molecule has 3 nitrogen and oxygen atoms in total. The highest BCUT2D eigenvalue weighted by Gasteiger charge is 2.14. The van der Waals surface area contributed by atoms with Crippen LogP contribution in [0, 0.1) is 18.3 Å². The Morgan fingerprint density at radius 1 is 1.29 bits per heavy atom. The van der Waals surface area contributed by atoms with Gasteiger partial charge in [0.1, 0.15) is 17.6 Å². The van der Waals surface area contributed by atoms with Gasteiger partial charge in [-0.25, -0.2) is 0 Å². The standard InChI is InChI=1S/C10H10ClNO2/c1-6-9(13-2)7(5-12)4-8(11)10(6)14-3/h4H,1-3H3. The Bertz CT molecular complexity index is 396. The molecular formula is C10H10ClNO2. The van der Waals surface area contributed by atoms with E-state index in [2.05, 4.69) is 0 Å². The van der Waals surface area contributed by atoms with Crippen molar-refractivity contribution in [2.75, 3.05) is 14.2 Å². The van der Waals surface area contributed by atoms with Gasteiger partial charge in [-0.2, -0.15) is 5.26 Å². The molecular weight excluding hydrogens is 202 g/mol. The van der Waals surface area contributed by atoms with Crippen molar-refractivity contribution in [3.63, 3.8) is 0 Å². The van der Waals surface area contributed by atoms with E-state index in [1.165, 1.54) is 20.3 Å². The third kappa shape index (κ3) is 1.61. The maximum Gasteiger partial charge on any atom is 0.144 e. The molecule has 0 bridgehead atoms. The topological polar surface area (TPSA) is 42.2 Å². The van der Waals surface area contributed by atoms with Gasteiger partial charge in [-0.3, -0.25) is 0 Å². The summed E-state index contributed by atoms with van der Waals surface area (Å²) in [6.07, 6.45) is 0. The van der Waals surface area contributed by atoms with Crippen LogP contribution in [0.15, 0.2) is 6.07 Å². The highest BCUT2D eigenvalue weighted by atomic mass is 35.5. The highest BCUT2D eigenvalue weighted by molar-refractivity contribution is 6.32. The fourth-order valence-electron chi connectivity index (χ4n) is 1.34. The molecule has 0 amide bonds. The average Bonchev–Trinajstić information content (AvgIpc) is 2.17. The maximum atomic E-state index is 8.83. The largest absolute Gasteiger partial charge is 0.495 e. The van der Waals surface area contributed by atoms with Crippen LogP contribution in [0.3, 0.4) is 0 Å². The predicted molar refractivity (Wildman–Crippen MR) is 54.0 cm³/mol. The molecule has 0 unspecified atom stereocenters. The van der Waals surface area contributed by atoms with Crippen LogP contribution >= 0.6 is 11.6 Å². The van der Waals surface area contributed by atoms with Crippen molar-refractivity contribution in [2.45, 2.75) is 6.92 Å². The lowest BCUT2D eigenvalue weighted by Crippen LogP contribution is -1.96. The number of rotatable bonds is 2. The summed E-state index contributed by atoms with van der Waals surface area (Å²) in [5, 5.41) is 9.25. The molecule has 1 aromatic rings. The number of ether oxygens (including phenoxy) is 2. The zero-order chi connectivity index (χ0) is 10.7. The normalized spacial score (nSPS) is 9.36. The number of hydrogen-bond acceptors (Lipinski definition) is 3. The lowest BCUT2D eigenvalue weighted by molar-refractivity contribution is 0.388. The Hall–Kier alpha value is -1.40. The average molecular weight is 212 g/mol. The molecule has 0 saturated carbocycles. The van der Waals surface area contributed by atoms with Crippen LogP contribution in [0.1, 0.15) is 11.1 Å². The number of benzene rings is 1. The fourth-order valence-corrected chi connectivity index (χ4v) is 1.67. The maximum absolute atomic E-state index is 8.83. The van der Waals surface area contributed by atoms with Gasteiger partial charge in [-0.05, 0) is 13.0 Å². The molecule has 0 fully saturated rings. The molecule has 1 aromatic carbocycles. The molecule has 0 aromatic heterocycles. The first-order valence-corrected chi connectivity index (χ1v) is 4.34. The second-order valence-corrected chi connectivity index (χ2v) is 3.12. The van der Waals surface area contributed by atoms with E-state index in [4.69, 9.17) is 26.3 Å². The Labute approximate surface area is 87.8 Å². The quantitative estimate of drug-likeness (QED) is 0.755. The summed E-state index contributed by atoms with van der Waals surface area (Å²) in [4.78, 5) is 0. The van der Waals surface area contributed by atoms with Gasteiger partial charge in [-0.15, -0.1) is 0 Å². The number of nitriles is 1. The van der Waals surface area contributed by atoms with E-state index in [9.17, 15) is 0 Å². The summed E-state index contributed by atoms with van der Waals surface area (Å²) in [7, 11) is 3.04.